The third kappa shape index (κ3) is 13.1. The highest BCUT2D eigenvalue weighted by Crippen LogP contribution is 2.18. The van der Waals surface area contributed by atoms with Crippen molar-refractivity contribution in [2.75, 3.05) is 31.8 Å². The number of anilines is 2. The van der Waals surface area contributed by atoms with E-state index in [4.69, 9.17) is 0 Å². The Morgan fingerprint density at radius 3 is 1.60 bits per heavy atom. The molecule has 0 radical (unpaired) electrons. The minimum atomic E-state index is -3.49. The van der Waals surface area contributed by atoms with Gasteiger partial charge in [0.25, 0.3) is 22.0 Å². The van der Waals surface area contributed by atoms with Gasteiger partial charge in [-0.2, -0.15) is 8.42 Å². The topological polar surface area (TPSA) is 207 Å². The Balaban J connectivity index is 0.000000583. The van der Waals surface area contributed by atoms with Crippen LogP contribution in [0.1, 0.15) is 76.2 Å². The van der Waals surface area contributed by atoms with E-state index in [-0.39, 0.29) is 28.3 Å². The number of rotatable bonds is 2. The third-order valence-corrected chi connectivity index (χ3v) is 5.91. The van der Waals surface area contributed by atoms with Crippen LogP contribution in [0, 0.1) is 0 Å². The first kappa shape index (κ1) is 38.7. The summed E-state index contributed by atoms with van der Waals surface area (Å²) in [5.74, 6) is 1.63. The van der Waals surface area contributed by atoms with Crippen LogP contribution in [-0.4, -0.2) is 73.7 Å². The molecular formula is C25H48N10O5S2. The first-order chi connectivity index (χ1) is 19.0. The molecule has 1 fully saturated rings. The van der Waals surface area contributed by atoms with Gasteiger partial charge in [0, 0.05) is 32.2 Å². The lowest BCUT2D eigenvalue weighted by atomic mass is 10.1. The minimum absolute atomic E-state index is 0.106. The van der Waals surface area contributed by atoms with Gasteiger partial charge in [0.15, 0.2) is 23.3 Å². The van der Waals surface area contributed by atoms with Crippen LogP contribution in [0.3, 0.4) is 0 Å². The van der Waals surface area contributed by atoms with Gasteiger partial charge in [-0.25, -0.2) is 13.7 Å². The zero-order valence-electron chi connectivity index (χ0n) is 27.1. The fraction of sp³-hybridized carbons (Fsp3) is 0.680. The molecule has 1 saturated heterocycles. The quantitative estimate of drug-likeness (QED) is 0.259. The van der Waals surface area contributed by atoms with E-state index in [9.17, 15) is 22.2 Å². The number of likely N-dealkylation sites (N-methyl/N-ethyl adjacent to an activating group) is 1. The van der Waals surface area contributed by atoms with Crippen LogP contribution in [0.5, 0.6) is 0 Å². The maximum absolute atomic E-state index is 11.1. The molecule has 0 bridgehead atoms. The molecule has 1 unspecified atom stereocenters. The highest BCUT2D eigenvalue weighted by Gasteiger charge is 2.29. The second-order valence-electron chi connectivity index (χ2n) is 11.7. The summed E-state index contributed by atoms with van der Waals surface area (Å²) in [6, 6.07) is 0. The molecule has 1 atom stereocenters. The summed E-state index contributed by atoms with van der Waals surface area (Å²) < 4.78 is 45.3. The van der Waals surface area contributed by atoms with E-state index in [1.165, 1.54) is 7.05 Å². The molecule has 0 amide bonds. The van der Waals surface area contributed by atoms with E-state index in [1.54, 1.807) is 14.1 Å². The van der Waals surface area contributed by atoms with Gasteiger partial charge in [-0.15, -0.1) is 8.80 Å². The number of aliphatic imine (C=N–C) groups is 2. The predicted molar refractivity (Wildman–Crippen MR) is 176 cm³/mol. The maximum atomic E-state index is 11.1. The van der Waals surface area contributed by atoms with Gasteiger partial charge in [-0.1, -0.05) is 13.8 Å². The highest BCUT2D eigenvalue weighted by molar-refractivity contribution is 7.89. The van der Waals surface area contributed by atoms with Crippen molar-refractivity contribution in [1.29, 1.82) is 0 Å². The predicted octanol–water partition coefficient (Wildman–Crippen LogP) is 1.19. The van der Waals surface area contributed by atoms with Crippen LogP contribution in [0.15, 0.2) is 28.4 Å². The number of amidine groups is 4. The van der Waals surface area contributed by atoms with E-state index < -0.39 is 32.2 Å². The normalized spacial score (nSPS) is 19.4. The van der Waals surface area contributed by atoms with Crippen molar-refractivity contribution in [3.05, 3.63) is 20.4 Å². The first-order valence-corrected chi connectivity index (χ1v) is 15.8. The van der Waals surface area contributed by atoms with Crippen molar-refractivity contribution in [3.63, 3.8) is 0 Å². The lowest BCUT2D eigenvalue weighted by Crippen LogP contribution is -2.46. The van der Waals surface area contributed by atoms with Crippen LogP contribution in [0.25, 0.3) is 0 Å². The first-order valence-electron chi connectivity index (χ1n) is 13.2. The van der Waals surface area contributed by atoms with E-state index >= 15 is 0 Å². The molecule has 6 N–H and O–H groups in total. The Labute approximate surface area is 252 Å². The largest absolute Gasteiger partial charge is 0.383 e. The molecule has 3 rings (SSSR count). The Morgan fingerprint density at radius 1 is 0.738 bits per heavy atom. The molecule has 0 aromatic heterocycles. The van der Waals surface area contributed by atoms with Crippen molar-refractivity contribution >= 4 is 56.1 Å². The van der Waals surface area contributed by atoms with Crippen LogP contribution >= 0.6 is 0 Å². The van der Waals surface area contributed by atoms with Crippen LogP contribution in [0.4, 0.5) is 11.4 Å². The van der Waals surface area contributed by atoms with Crippen molar-refractivity contribution in [3.8, 4) is 0 Å². The van der Waals surface area contributed by atoms with Gasteiger partial charge in [-0.05, 0) is 62.3 Å². The Bertz CT molecular complexity index is 1400. The number of hydrogen-bond acceptors (Lipinski definition) is 11. The summed E-state index contributed by atoms with van der Waals surface area (Å²) in [5.41, 5.74) is -0.730. The van der Waals surface area contributed by atoms with Gasteiger partial charge in [-0.3, -0.25) is 19.6 Å². The summed E-state index contributed by atoms with van der Waals surface area (Å²) >= 11 is -1.47. The average Bonchev–Trinajstić information content (AvgIpc) is 3.33. The van der Waals surface area contributed by atoms with Crippen LogP contribution in [-0.2, 0) is 21.4 Å². The van der Waals surface area contributed by atoms with Gasteiger partial charge in [0.2, 0.25) is 0 Å². The summed E-state index contributed by atoms with van der Waals surface area (Å²) in [6.07, 6.45) is 0. The van der Waals surface area contributed by atoms with Crippen molar-refractivity contribution in [2.45, 2.75) is 92.8 Å². The summed E-state index contributed by atoms with van der Waals surface area (Å²) in [6.45, 7) is 21.4. The second-order valence-corrected chi connectivity index (χ2v) is 13.9. The second kappa shape index (κ2) is 15.2. The smallest absolute Gasteiger partial charge is 0.324 e. The average molecular weight is 633 g/mol. The minimum Gasteiger partial charge on any atom is -0.383 e. The Hall–Kier alpha value is -3.34. The van der Waals surface area contributed by atoms with Crippen LogP contribution < -0.4 is 41.6 Å². The summed E-state index contributed by atoms with van der Waals surface area (Å²) in [5, 5.41) is 11.6. The Morgan fingerprint density at radius 2 is 1.19 bits per heavy atom. The molecule has 42 heavy (non-hydrogen) atoms. The Kier molecular flexibility index (Phi) is 14.0. The molecule has 15 nitrogen and oxygen atoms in total. The van der Waals surface area contributed by atoms with Gasteiger partial charge in [0.05, 0.1) is 5.54 Å². The number of hydrogen-bond donors (Lipinski definition) is 6. The molecule has 2 aliphatic rings. The summed E-state index contributed by atoms with van der Waals surface area (Å²) in [7, 11) is 1.36. The SMILES string of the molecule is CC.CN=C1NS(=O)(=O)NC1=NC(C)(C)C.CNC1=NS(=O)N=C1NC(C)(C)C.CNc1c(NC(C)(C)C)c(=O)c1=O. The molecule has 0 saturated carbocycles. The van der Waals surface area contributed by atoms with Crippen molar-refractivity contribution < 1.29 is 12.6 Å². The van der Waals surface area contributed by atoms with Gasteiger partial charge >= 0.3 is 10.2 Å². The highest BCUT2D eigenvalue weighted by atomic mass is 32.2. The van der Waals surface area contributed by atoms with Crippen LogP contribution in [0.2, 0.25) is 0 Å². The monoisotopic (exact) mass is 632 g/mol. The van der Waals surface area contributed by atoms with Crippen molar-refractivity contribution in [1.82, 2.24) is 20.1 Å². The summed E-state index contributed by atoms with van der Waals surface area (Å²) in [4.78, 5) is 30.0. The van der Waals surface area contributed by atoms with E-state index in [2.05, 4.69) is 49.5 Å². The number of nitrogens with zero attached hydrogens (tertiary/aromatic N) is 4. The van der Waals surface area contributed by atoms with E-state index in [0.717, 1.165) is 0 Å². The third-order valence-electron chi connectivity index (χ3n) is 4.31. The standard InChI is InChI=1S/C9H14N2O2.C7H14N4O2S.C7H14N4OS.C2H6/c1-9(2,3)11-6-5(10-4)7(12)8(6)13;1-7(2,3)9-6-5(8-4)10-14(12,13)11-6;1-7(2,3)9-6-5(8-4)10-13(12)11-6;1-2/h10-11H,1-4H3;1-4H3,(H,8,10)(H,9,11);1-4H3,(H,8,10)(H,9,11);1-2H3. The van der Waals surface area contributed by atoms with E-state index in [0.29, 0.717) is 23.0 Å². The fourth-order valence-electron chi connectivity index (χ4n) is 2.93. The number of nitrogens with one attached hydrogen (secondary N) is 6. The molecular weight excluding hydrogens is 584 g/mol. The van der Waals surface area contributed by atoms with E-state index in [1.807, 2.05) is 76.2 Å². The molecule has 0 spiro atoms. The van der Waals surface area contributed by atoms with Gasteiger partial charge in [0.1, 0.15) is 11.4 Å². The molecule has 1 aromatic rings. The molecule has 1 aromatic carbocycles. The zero-order valence-corrected chi connectivity index (χ0v) is 28.8. The van der Waals surface area contributed by atoms with Crippen molar-refractivity contribution in [2.24, 2.45) is 18.8 Å². The lowest BCUT2D eigenvalue weighted by Gasteiger charge is -2.24. The molecule has 2 aliphatic heterocycles. The molecule has 240 valence electrons. The molecule has 0 aliphatic carbocycles. The van der Waals surface area contributed by atoms with Gasteiger partial charge < -0.3 is 21.3 Å². The molecule has 2 heterocycles. The molecule has 17 heteroatoms. The lowest BCUT2D eigenvalue weighted by molar-refractivity contribution is 0.514. The fourth-order valence-corrected chi connectivity index (χ4v) is 4.48. The zero-order chi connectivity index (χ0) is 33.3. The maximum Gasteiger partial charge on any atom is 0.324 e.